The Labute approximate surface area is 95.8 Å². The van der Waals surface area contributed by atoms with Crippen LogP contribution in [0.4, 0.5) is 5.82 Å². The van der Waals surface area contributed by atoms with Crippen molar-refractivity contribution in [2.45, 2.75) is 31.9 Å². The standard InChI is InChI=1S/C11H20N4O/c1-11(16)4-8-14(9-11)5-2-6-15-7-3-10(12)13-15/h3,7,16H,2,4-6,8-9H2,1H3,(H2,12,13). The Hall–Kier alpha value is -1.07. The van der Waals surface area contributed by atoms with E-state index in [1.165, 1.54) is 0 Å². The first-order valence-electron chi connectivity index (χ1n) is 5.79. The van der Waals surface area contributed by atoms with E-state index in [0.29, 0.717) is 5.82 Å². The van der Waals surface area contributed by atoms with Crippen LogP contribution in [0, 0.1) is 0 Å². The summed E-state index contributed by atoms with van der Waals surface area (Å²) in [6.07, 6.45) is 3.81. The van der Waals surface area contributed by atoms with Gasteiger partial charge in [-0.05, 0) is 25.8 Å². The van der Waals surface area contributed by atoms with Crippen molar-refractivity contribution < 1.29 is 5.11 Å². The van der Waals surface area contributed by atoms with Gasteiger partial charge in [-0.3, -0.25) is 4.68 Å². The van der Waals surface area contributed by atoms with E-state index in [0.717, 1.165) is 39.0 Å². The van der Waals surface area contributed by atoms with E-state index in [9.17, 15) is 5.11 Å². The van der Waals surface area contributed by atoms with Gasteiger partial charge in [0, 0.05) is 32.4 Å². The third-order valence-corrected chi connectivity index (χ3v) is 3.05. The number of aliphatic hydroxyl groups is 1. The minimum absolute atomic E-state index is 0.490. The summed E-state index contributed by atoms with van der Waals surface area (Å²) in [5.41, 5.74) is 5.04. The molecule has 5 nitrogen and oxygen atoms in total. The van der Waals surface area contributed by atoms with Gasteiger partial charge in [-0.2, -0.15) is 5.10 Å². The van der Waals surface area contributed by atoms with Gasteiger partial charge < -0.3 is 15.7 Å². The van der Waals surface area contributed by atoms with Gasteiger partial charge >= 0.3 is 0 Å². The topological polar surface area (TPSA) is 67.3 Å². The summed E-state index contributed by atoms with van der Waals surface area (Å²) in [4.78, 5) is 2.30. The Morgan fingerprint density at radius 2 is 2.38 bits per heavy atom. The first-order chi connectivity index (χ1) is 7.55. The zero-order valence-electron chi connectivity index (χ0n) is 9.76. The minimum Gasteiger partial charge on any atom is -0.389 e. The molecule has 1 fully saturated rings. The molecule has 0 bridgehead atoms. The maximum Gasteiger partial charge on any atom is 0.145 e. The number of β-amino-alcohol motifs (C(OH)–C–C–N with tert-alkyl or cyclic N) is 1. The molecule has 0 radical (unpaired) electrons. The number of nitrogens with two attached hydrogens (primary N) is 1. The molecular formula is C11H20N4O. The van der Waals surface area contributed by atoms with Crippen LogP contribution in [0.2, 0.25) is 0 Å². The Kier molecular flexibility index (Phi) is 3.16. The second-order valence-electron chi connectivity index (χ2n) is 4.88. The second-order valence-corrected chi connectivity index (χ2v) is 4.88. The maximum absolute atomic E-state index is 9.81. The Morgan fingerprint density at radius 1 is 1.56 bits per heavy atom. The Morgan fingerprint density at radius 3 is 2.94 bits per heavy atom. The molecule has 90 valence electrons. The molecule has 0 saturated carbocycles. The van der Waals surface area contributed by atoms with E-state index in [1.807, 2.05) is 17.8 Å². The van der Waals surface area contributed by atoms with Crippen molar-refractivity contribution >= 4 is 5.82 Å². The lowest BCUT2D eigenvalue weighted by molar-refractivity contribution is 0.0685. The van der Waals surface area contributed by atoms with Crippen molar-refractivity contribution in [3.05, 3.63) is 12.3 Å². The Bertz CT molecular complexity index is 348. The molecule has 2 heterocycles. The fraction of sp³-hybridized carbons (Fsp3) is 0.727. The third kappa shape index (κ3) is 2.96. The third-order valence-electron chi connectivity index (χ3n) is 3.05. The predicted molar refractivity (Wildman–Crippen MR) is 62.9 cm³/mol. The highest BCUT2D eigenvalue weighted by molar-refractivity contribution is 5.23. The van der Waals surface area contributed by atoms with Gasteiger partial charge in [0.1, 0.15) is 5.82 Å². The molecule has 1 saturated heterocycles. The van der Waals surface area contributed by atoms with E-state index in [4.69, 9.17) is 5.73 Å². The van der Waals surface area contributed by atoms with Crippen LogP contribution in [0.3, 0.4) is 0 Å². The first-order valence-corrected chi connectivity index (χ1v) is 5.79. The van der Waals surface area contributed by atoms with Crippen LogP contribution in [-0.4, -0.2) is 45.0 Å². The quantitative estimate of drug-likeness (QED) is 0.772. The van der Waals surface area contributed by atoms with Gasteiger partial charge in [0.15, 0.2) is 0 Å². The molecule has 1 aromatic rings. The highest BCUT2D eigenvalue weighted by Gasteiger charge is 2.30. The summed E-state index contributed by atoms with van der Waals surface area (Å²) in [7, 11) is 0. The van der Waals surface area contributed by atoms with Gasteiger partial charge in [0.05, 0.1) is 5.60 Å². The smallest absolute Gasteiger partial charge is 0.145 e. The number of likely N-dealkylation sites (tertiary alicyclic amines) is 1. The molecule has 5 heteroatoms. The van der Waals surface area contributed by atoms with Crippen LogP contribution in [0.1, 0.15) is 19.8 Å². The molecule has 1 unspecified atom stereocenters. The fourth-order valence-electron chi connectivity index (χ4n) is 2.19. The fourth-order valence-corrected chi connectivity index (χ4v) is 2.19. The predicted octanol–water partition coefficient (Wildman–Crippen LogP) is 0.312. The van der Waals surface area contributed by atoms with Crippen LogP contribution >= 0.6 is 0 Å². The summed E-state index contributed by atoms with van der Waals surface area (Å²) in [5, 5.41) is 13.9. The highest BCUT2D eigenvalue weighted by atomic mass is 16.3. The molecule has 1 atom stereocenters. The molecule has 0 aromatic carbocycles. The molecule has 0 amide bonds. The van der Waals surface area contributed by atoms with Gasteiger partial charge in [-0.1, -0.05) is 0 Å². The largest absolute Gasteiger partial charge is 0.389 e. The first kappa shape index (κ1) is 11.4. The summed E-state index contributed by atoms with van der Waals surface area (Å²) in [5.74, 6) is 0.573. The number of nitrogens with zero attached hydrogens (tertiary/aromatic N) is 3. The second kappa shape index (κ2) is 4.43. The van der Waals surface area contributed by atoms with Crippen molar-refractivity contribution in [2.24, 2.45) is 0 Å². The lowest BCUT2D eigenvalue weighted by atomic mass is 10.1. The van der Waals surface area contributed by atoms with Gasteiger partial charge in [0.2, 0.25) is 0 Å². The van der Waals surface area contributed by atoms with Crippen molar-refractivity contribution in [2.75, 3.05) is 25.4 Å². The van der Waals surface area contributed by atoms with Gasteiger partial charge in [0.25, 0.3) is 0 Å². The van der Waals surface area contributed by atoms with Crippen LogP contribution < -0.4 is 5.73 Å². The number of rotatable bonds is 4. The minimum atomic E-state index is -0.490. The SMILES string of the molecule is CC1(O)CCN(CCCn2ccc(N)n2)C1. The maximum atomic E-state index is 9.81. The zero-order chi connectivity index (χ0) is 11.6. The molecule has 3 N–H and O–H groups in total. The average molecular weight is 224 g/mol. The van der Waals surface area contributed by atoms with Crippen LogP contribution in [0.15, 0.2) is 12.3 Å². The number of hydrogen-bond acceptors (Lipinski definition) is 4. The summed E-state index contributed by atoms with van der Waals surface area (Å²) >= 11 is 0. The molecule has 1 aliphatic heterocycles. The average Bonchev–Trinajstić information content (AvgIpc) is 2.73. The summed E-state index contributed by atoms with van der Waals surface area (Å²) in [6.45, 7) is 5.58. The van der Waals surface area contributed by atoms with Crippen LogP contribution in [0.5, 0.6) is 0 Å². The number of nitrogen functional groups attached to an aromatic ring is 1. The lowest BCUT2D eigenvalue weighted by Crippen LogP contribution is -2.30. The van der Waals surface area contributed by atoms with E-state index in [-0.39, 0.29) is 0 Å². The number of anilines is 1. The number of hydrogen-bond donors (Lipinski definition) is 2. The van der Waals surface area contributed by atoms with Crippen LogP contribution in [-0.2, 0) is 6.54 Å². The Balaban J connectivity index is 1.69. The summed E-state index contributed by atoms with van der Waals surface area (Å²) in [6, 6.07) is 1.81. The monoisotopic (exact) mass is 224 g/mol. The number of aromatic nitrogens is 2. The molecular weight excluding hydrogens is 204 g/mol. The van der Waals surface area contributed by atoms with E-state index in [2.05, 4.69) is 10.00 Å². The molecule has 1 aromatic heterocycles. The normalized spacial score (nSPS) is 26.4. The van der Waals surface area contributed by atoms with Crippen molar-refractivity contribution in [3.63, 3.8) is 0 Å². The van der Waals surface area contributed by atoms with Crippen molar-refractivity contribution in [1.29, 1.82) is 0 Å². The molecule has 16 heavy (non-hydrogen) atoms. The van der Waals surface area contributed by atoms with Crippen molar-refractivity contribution in [1.82, 2.24) is 14.7 Å². The molecule has 0 spiro atoms. The lowest BCUT2D eigenvalue weighted by Gasteiger charge is -2.18. The number of aryl methyl sites for hydroxylation is 1. The van der Waals surface area contributed by atoms with E-state index in [1.54, 1.807) is 6.07 Å². The van der Waals surface area contributed by atoms with Gasteiger partial charge in [-0.15, -0.1) is 0 Å². The highest BCUT2D eigenvalue weighted by Crippen LogP contribution is 2.20. The molecule has 1 aliphatic rings. The van der Waals surface area contributed by atoms with Gasteiger partial charge in [-0.25, -0.2) is 0 Å². The van der Waals surface area contributed by atoms with E-state index >= 15 is 0 Å². The van der Waals surface area contributed by atoms with Crippen LogP contribution in [0.25, 0.3) is 0 Å². The molecule has 0 aliphatic carbocycles. The zero-order valence-corrected chi connectivity index (χ0v) is 9.76. The van der Waals surface area contributed by atoms with Crippen molar-refractivity contribution in [3.8, 4) is 0 Å². The molecule has 2 rings (SSSR count). The summed E-state index contributed by atoms with van der Waals surface area (Å²) < 4.78 is 1.86. The van der Waals surface area contributed by atoms with E-state index < -0.39 is 5.60 Å².